The standard InChI is InChI=1S/C14H17N5O3/c1-3-11-15-13(18-22-11)10-5-4-8-19(10)14(20)9-6-7-12(21-2)17-16-9/h6-7,10H,3-5,8H2,1-2H3/t10-/m0/s1. The molecule has 116 valence electrons. The van der Waals surface area contributed by atoms with Crippen LogP contribution in [-0.2, 0) is 6.42 Å². The molecule has 0 radical (unpaired) electrons. The van der Waals surface area contributed by atoms with Gasteiger partial charge in [-0.25, -0.2) is 0 Å². The number of aryl methyl sites for hydroxylation is 1. The van der Waals surface area contributed by atoms with Crippen molar-refractivity contribution in [1.29, 1.82) is 0 Å². The smallest absolute Gasteiger partial charge is 0.274 e. The van der Waals surface area contributed by atoms with E-state index in [1.807, 2.05) is 6.92 Å². The van der Waals surface area contributed by atoms with Gasteiger partial charge in [-0.3, -0.25) is 4.79 Å². The highest BCUT2D eigenvalue weighted by Crippen LogP contribution is 2.31. The number of hydrogen-bond donors (Lipinski definition) is 0. The Labute approximate surface area is 127 Å². The number of hydrogen-bond acceptors (Lipinski definition) is 7. The molecule has 2 aromatic rings. The maximum atomic E-state index is 12.6. The number of methoxy groups -OCH3 is 1. The Balaban J connectivity index is 1.80. The van der Waals surface area contributed by atoms with Crippen molar-refractivity contribution in [2.45, 2.75) is 32.2 Å². The lowest BCUT2D eigenvalue weighted by Crippen LogP contribution is -2.31. The second kappa shape index (κ2) is 6.08. The second-order valence-corrected chi connectivity index (χ2v) is 5.02. The third kappa shape index (κ3) is 2.63. The highest BCUT2D eigenvalue weighted by molar-refractivity contribution is 5.92. The van der Waals surface area contributed by atoms with Gasteiger partial charge in [-0.05, 0) is 18.9 Å². The fourth-order valence-electron chi connectivity index (χ4n) is 2.52. The minimum absolute atomic E-state index is 0.166. The fraction of sp³-hybridized carbons (Fsp3) is 0.500. The number of amides is 1. The van der Waals surface area contributed by atoms with Crippen molar-refractivity contribution in [1.82, 2.24) is 25.2 Å². The minimum atomic E-state index is -0.180. The minimum Gasteiger partial charge on any atom is -0.480 e. The molecule has 2 aromatic heterocycles. The van der Waals surface area contributed by atoms with E-state index in [1.54, 1.807) is 17.0 Å². The van der Waals surface area contributed by atoms with Gasteiger partial charge < -0.3 is 14.2 Å². The van der Waals surface area contributed by atoms with Crippen molar-refractivity contribution in [3.05, 3.63) is 29.5 Å². The first-order valence-electron chi connectivity index (χ1n) is 7.24. The van der Waals surface area contributed by atoms with Crippen LogP contribution < -0.4 is 4.74 Å². The predicted octanol–water partition coefficient (Wildman–Crippen LogP) is 1.41. The Bertz CT molecular complexity index is 655. The summed E-state index contributed by atoms with van der Waals surface area (Å²) in [5, 5.41) is 11.7. The van der Waals surface area contributed by atoms with Crippen molar-refractivity contribution >= 4 is 5.91 Å². The highest BCUT2D eigenvalue weighted by Gasteiger charge is 2.34. The summed E-state index contributed by atoms with van der Waals surface area (Å²) in [7, 11) is 1.50. The summed E-state index contributed by atoms with van der Waals surface area (Å²) in [6.07, 6.45) is 2.39. The largest absolute Gasteiger partial charge is 0.480 e. The number of carbonyl (C=O) groups excluding carboxylic acids is 1. The van der Waals surface area contributed by atoms with Gasteiger partial charge in [0.1, 0.15) is 0 Å². The molecular formula is C14H17N5O3. The van der Waals surface area contributed by atoms with E-state index in [4.69, 9.17) is 9.26 Å². The second-order valence-electron chi connectivity index (χ2n) is 5.02. The number of rotatable bonds is 4. The Morgan fingerprint density at radius 1 is 1.45 bits per heavy atom. The van der Waals surface area contributed by atoms with Crippen molar-refractivity contribution in [2.75, 3.05) is 13.7 Å². The van der Waals surface area contributed by atoms with Gasteiger partial charge in [-0.2, -0.15) is 4.98 Å². The molecular weight excluding hydrogens is 286 g/mol. The molecule has 1 aliphatic rings. The van der Waals surface area contributed by atoms with E-state index in [-0.39, 0.29) is 17.6 Å². The zero-order chi connectivity index (χ0) is 15.5. The van der Waals surface area contributed by atoms with Gasteiger partial charge in [0.2, 0.25) is 11.8 Å². The van der Waals surface area contributed by atoms with Gasteiger partial charge in [0.05, 0.1) is 13.2 Å². The third-order valence-corrected chi connectivity index (χ3v) is 3.67. The molecule has 3 heterocycles. The van der Waals surface area contributed by atoms with Crippen LogP contribution in [0, 0.1) is 0 Å². The van der Waals surface area contributed by atoms with Crippen LogP contribution in [0.15, 0.2) is 16.7 Å². The molecule has 22 heavy (non-hydrogen) atoms. The molecule has 8 heteroatoms. The average Bonchev–Trinajstić information content (AvgIpc) is 3.22. The lowest BCUT2D eigenvalue weighted by atomic mass is 10.2. The Morgan fingerprint density at radius 2 is 2.32 bits per heavy atom. The molecule has 1 saturated heterocycles. The Hall–Kier alpha value is -2.51. The highest BCUT2D eigenvalue weighted by atomic mass is 16.5. The average molecular weight is 303 g/mol. The fourth-order valence-corrected chi connectivity index (χ4v) is 2.52. The first-order valence-corrected chi connectivity index (χ1v) is 7.24. The zero-order valence-electron chi connectivity index (χ0n) is 12.5. The molecule has 3 rings (SSSR count). The van der Waals surface area contributed by atoms with E-state index in [2.05, 4.69) is 20.3 Å². The molecule has 0 spiro atoms. The van der Waals surface area contributed by atoms with Crippen LogP contribution in [-0.4, -0.2) is 44.8 Å². The molecule has 0 bridgehead atoms. The molecule has 1 atom stereocenters. The summed E-state index contributed by atoms with van der Waals surface area (Å²) in [6, 6.07) is 3.06. The Morgan fingerprint density at radius 3 is 2.95 bits per heavy atom. The summed E-state index contributed by atoms with van der Waals surface area (Å²) in [5.41, 5.74) is 0.284. The van der Waals surface area contributed by atoms with Crippen LogP contribution in [0.2, 0.25) is 0 Å². The number of ether oxygens (including phenoxy) is 1. The van der Waals surface area contributed by atoms with Crippen molar-refractivity contribution in [3.63, 3.8) is 0 Å². The SMILES string of the molecule is CCc1nc([C@@H]2CCCN2C(=O)c2ccc(OC)nn2)no1. The predicted molar refractivity (Wildman–Crippen MR) is 75.3 cm³/mol. The third-order valence-electron chi connectivity index (χ3n) is 3.67. The molecule has 0 saturated carbocycles. The van der Waals surface area contributed by atoms with Gasteiger partial charge in [0.25, 0.3) is 5.91 Å². The summed E-state index contributed by atoms with van der Waals surface area (Å²) >= 11 is 0. The first-order chi connectivity index (χ1) is 10.7. The summed E-state index contributed by atoms with van der Waals surface area (Å²) in [5.74, 6) is 1.34. The molecule has 8 nitrogen and oxygen atoms in total. The van der Waals surface area contributed by atoms with Gasteiger partial charge >= 0.3 is 0 Å². The van der Waals surface area contributed by atoms with Crippen molar-refractivity contribution in [3.8, 4) is 5.88 Å². The van der Waals surface area contributed by atoms with Crippen LogP contribution in [0.4, 0.5) is 0 Å². The molecule has 0 unspecified atom stereocenters. The monoisotopic (exact) mass is 303 g/mol. The number of likely N-dealkylation sites (tertiary alicyclic amines) is 1. The molecule has 1 aliphatic heterocycles. The summed E-state index contributed by atoms with van der Waals surface area (Å²) in [6.45, 7) is 2.59. The van der Waals surface area contributed by atoms with E-state index in [0.717, 1.165) is 12.8 Å². The molecule has 1 amide bonds. The summed E-state index contributed by atoms with van der Waals surface area (Å²) in [4.78, 5) is 18.7. The summed E-state index contributed by atoms with van der Waals surface area (Å²) < 4.78 is 10.1. The molecule has 1 fully saturated rings. The van der Waals surface area contributed by atoms with Crippen LogP contribution >= 0.6 is 0 Å². The molecule has 0 N–H and O–H groups in total. The van der Waals surface area contributed by atoms with Crippen LogP contribution in [0.3, 0.4) is 0 Å². The number of aromatic nitrogens is 4. The van der Waals surface area contributed by atoms with Gasteiger partial charge in [-0.15, -0.1) is 10.2 Å². The van der Waals surface area contributed by atoms with Gasteiger partial charge in [0, 0.05) is 19.0 Å². The molecule has 0 aromatic carbocycles. The normalized spacial score (nSPS) is 17.7. The van der Waals surface area contributed by atoms with Crippen LogP contribution in [0.5, 0.6) is 5.88 Å². The quantitative estimate of drug-likeness (QED) is 0.842. The lowest BCUT2D eigenvalue weighted by molar-refractivity contribution is 0.0721. The van der Waals surface area contributed by atoms with Crippen LogP contribution in [0.25, 0.3) is 0 Å². The van der Waals surface area contributed by atoms with Gasteiger partial charge in [-0.1, -0.05) is 12.1 Å². The van der Waals surface area contributed by atoms with E-state index in [1.165, 1.54) is 7.11 Å². The first kappa shape index (κ1) is 14.4. The molecule has 0 aliphatic carbocycles. The van der Waals surface area contributed by atoms with E-state index in [0.29, 0.717) is 30.6 Å². The lowest BCUT2D eigenvalue weighted by Gasteiger charge is -2.21. The zero-order valence-corrected chi connectivity index (χ0v) is 12.5. The van der Waals surface area contributed by atoms with Crippen molar-refractivity contribution in [2.24, 2.45) is 0 Å². The van der Waals surface area contributed by atoms with Gasteiger partial charge in [0.15, 0.2) is 11.5 Å². The maximum absolute atomic E-state index is 12.6. The van der Waals surface area contributed by atoms with Crippen LogP contribution in [0.1, 0.15) is 48.0 Å². The topological polar surface area (TPSA) is 94.2 Å². The number of nitrogens with zero attached hydrogens (tertiary/aromatic N) is 5. The maximum Gasteiger partial charge on any atom is 0.274 e. The van der Waals surface area contributed by atoms with E-state index in [9.17, 15) is 4.79 Å². The Kier molecular flexibility index (Phi) is 3.99. The van der Waals surface area contributed by atoms with Crippen molar-refractivity contribution < 1.29 is 14.1 Å². The number of carbonyl (C=O) groups is 1. The van der Waals surface area contributed by atoms with E-state index >= 15 is 0 Å². The van der Waals surface area contributed by atoms with E-state index < -0.39 is 0 Å².